The highest BCUT2D eigenvalue weighted by Crippen LogP contribution is 2.24. The predicted octanol–water partition coefficient (Wildman–Crippen LogP) is 2.08. The highest BCUT2D eigenvalue weighted by atomic mass is 16.6. The molecule has 8 nitrogen and oxygen atoms in total. The molecule has 1 aromatic rings. The van der Waals surface area contributed by atoms with Crippen molar-refractivity contribution in [2.75, 3.05) is 5.32 Å². The third kappa shape index (κ3) is 5.59. The molecular formula is C12H18N4O4. The molecule has 1 aromatic heterocycles. The fourth-order valence-corrected chi connectivity index (χ4v) is 1.80. The van der Waals surface area contributed by atoms with Gasteiger partial charge in [-0.1, -0.05) is 20.8 Å². The van der Waals surface area contributed by atoms with Crippen LogP contribution in [0.25, 0.3) is 0 Å². The second-order valence-corrected chi connectivity index (χ2v) is 5.73. The smallest absolute Gasteiger partial charge is 0.305 e. The Labute approximate surface area is 116 Å². The van der Waals surface area contributed by atoms with Gasteiger partial charge in [-0.2, -0.15) is 0 Å². The molecule has 1 heterocycles. The summed E-state index contributed by atoms with van der Waals surface area (Å²) in [6.07, 6.45) is 2.71. The Kier molecular flexibility index (Phi) is 4.95. The van der Waals surface area contributed by atoms with Gasteiger partial charge in [-0.3, -0.25) is 14.9 Å². The first-order valence-electron chi connectivity index (χ1n) is 6.12. The van der Waals surface area contributed by atoms with Gasteiger partial charge in [0.25, 0.3) is 0 Å². The molecule has 20 heavy (non-hydrogen) atoms. The van der Waals surface area contributed by atoms with E-state index in [1.54, 1.807) is 0 Å². The number of aliphatic carboxylic acids is 1. The highest BCUT2D eigenvalue weighted by molar-refractivity contribution is 5.68. The maximum Gasteiger partial charge on any atom is 0.305 e. The number of rotatable bonds is 6. The molecule has 110 valence electrons. The van der Waals surface area contributed by atoms with Crippen molar-refractivity contribution in [1.29, 1.82) is 0 Å². The van der Waals surface area contributed by atoms with E-state index in [1.807, 2.05) is 20.8 Å². The SMILES string of the molecule is CC(C)(C)CC(CC(=O)O)Nc1ncc([N+](=O)[O-])cn1. The van der Waals surface area contributed by atoms with Crippen LogP contribution in [0.15, 0.2) is 12.4 Å². The molecular weight excluding hydrogens is 264 g/mol. The molecule has 1 rings (SSSR count). The van der Waals surface area contributed by atoms with Crippen LogP contribution >= 0.6 is 0 Å². The average Bonchev–Trinajstić information content (AvgIpc) is 2.26. The van der Waals surface area contributed by atoms with Crippen LogP contribution in [-0.2, 0) is 4.79 Å². The van der Waals surface area contributed by atoms with Crippen molar-refractivity contribution < 1.29 is 14.8 Å². The molecule has 0 aromatic carbocycles. The first-order valence-corrected chi connectivity index (χ1v) is 6.12. The third-order valence-electron chi connectivity index (χ3n) is 2.46. The minimum absolute atomic E-state index is 0.0616. The number of carbonyl (C=O) groups is 1. The van der Waals surface area contributed by atoms with Crippen molar-refractivity contribution in [3.05, 3.63) is 22.5 Å². The largest absolute Gasteiger partial charge is 0.481 e. The Morgan fingerprint density at radius 3 is 2.40 bits per heavy atom. The Balaban J connectivity index is 2.78. The summed E-state index contributed by atoms with van der Waals surface area (Å²) >= 11 is 0. The summed E-state index contributed by atoms with van der Waals surface area (Å²) in [6.45, 7) is 6.00. The highest BCUT2D eigenvalue weighted by Gasteiger charge is 2.22. The molecule has 0 bridgehead atoms. The van der Waals surface area contributed by atoms with Crippen molar-refractivity contribution in [1.82, 2.24) is 9.97 Å². The zero-order valence-electron chi connectivity index (χ0n) is 11.7. The van der Waals surface area contributed by atoms with E-state index in [-0.39, 0.29) is 29.5 Å². The summed E-state index contributed by atoms with van der Waals surface area (Å²) in [5.74, 6) is -0.736. The van der Waals surface area contributed by atoms with Crippen molar-refractivity contribution in [3.8, 4) is 0 Å². The van der Waals surface area contributed by atoms with Gasteiger partial charge < -0.3 is 10.4 Å². The van der Waals surface area contributed by atoms with E-state index in [0.717, 1.165) is 12.4 Å². The minimum atomic E-state index is -0.923. The van der Waals surface area contributed by atoms with Gasteiger partial charge in [0.05, 0.1) is 11.3 Å². The molecule has 0 fully saturated rings. The van der Waals surface area contributed by atoms with Gasteiger partial charge in [0.2, 0.25) is 5.95 Å². The lowest BCUT2D eigenvalue weighted by atomic mass is 9.87. The number of hydrogen-bond donors (Lipinski definition) is 2. The van der Waals surface area contributed by atoms with E-state index >= 15 is 0 Å². The lowest BCUT2D eigenvalue weighted by Gasteiger charge is -2.25. The van der Waals surface area contributed by atoms with Crippen molar-refractivity contribution in [3.63, 3.8) is 0 Å². The number of nitrogens with zero attached hydrogens (tertiary/aromatic N) is 3. The topological polar surface area (TPSA) is 118 Å². The lowest BCUT2D eigenvalue weighted by molar-refractivity contribution is -0.385. The summed E-state index contributed by atoms with van der Waals surface area (Å²) in [5, 5.41) is 22.3. The number of aromatic nitrogens is 2. The molecule has 0 radical (unpaired) electrons. The van der Waals surface area contributed by atoms with E-state index in [0.29, 0.717) is 6.42 Å². The fourth-order valence-electron chi connectivity index (χ4n) is 1.80. The van der Waals surface area contributed by atoms with Gasteiger partial charge in [-0.15, -0.1) is 0 Å². The van der Waals surface area contributed by atoms with E-state index in [2.05, 4.69) is 15.3 Å². The quantitative estimate of drug-likeness (QED) is 0.605. The monoisotopic (exact) mass is 282 g/mol. The van der Waals surface area contributed by atoms with E-state index in [1.165, 1.54) is 0 Å². The average molecular weight is 282 g/mol. The second kappa shape index (κ2) is 6.27. The van der Waals surface area contributed by atoms with Crippen molar-refractivity contribution >= 4 is 17.6 Å². The van der Waals surface area contributed by atoms with Crippen LogP contribution < -0.4 is 5.32 Å². The number of carboxylic acids is 1. The molecule has 1 unspecified atom stereocenters. The maximum absolute atomic E-state index is 10.9. The first-order chi connectivity index (χ1) is 9.17. The molecule has 0 amide bonds. The number of hydrogen-bond acceptors (Lipinski definition) is 6. The van der Waals surface area contributed by atoms with Crippen LogP contribution in [0.5, 0.6) is 0 Å². The molecule has 0 spiro atoms. The van der Waals surface area contributed by atoms with Crippen molar-refractivity contribution in [2.45, 2.75) is 39.7 Å². The maximum atomic E-state index is 10.9. The Bertz CT molecular complexity index is 481. The van der Waals surface area contributed by atoms with E-state index < -0.39 is 10.9 Å². The summed E-state index contributed by atoms with van der Waals surface area (Å²) in [4.78, 5) is 28.4. The Hall–Kier alpha value is -2.25. The molecule has 0 saturated carbocycles. The van der Waals surface area contributed by atoms with Gasteiger partial charge in [0.1, 0.15) is 12.4 Å². The number of anilines is 1. The van der Waals surface area contributed by atoms with Crippen LogP contribution in [0.2, 0.25) is 0 Å². The van der Waals surface area contributed by atoms with Crippen LogP contribution in [0, 0.1) is 15.5 Å². The Morgan fingerprint density at radius 1 is 1.45 bits per heavy atom. The normalized spacial score (nSPS) is 12.8. The first kappa shape index (κ1) is 15.8. The van der Waals surface area contributed by atoms with Gasteiger partial charge in [-0.05, 0) is 11.8 Å². The standard InChI is InChI=1S/C12H18N4O4/c1-12(2,3)5-8(4-10(17)18)15-11-13-6-9(7-14-11)16(19)20/h6-8H,4-5H2,1-3H3,(H,17,18)(H,13,14,15). The van der Waals surface area contributed by atoms with Crippen molar-refractivity contribution in [2.24, 2.45) is 5.41 Å². The molecule has 0 aliphatic heterocycles. The predicted molar refractivity (Wildman–Crippen MR) is 72.4 cm³/mol. The molecule has 0 saturated heterocycles. The molecule has 1 atom stereocenters. The van der Waals surface area contributed by atoms with Crippen LogP contribution in [0.3, 0.4) is 0 Å². The summed E-state index contributed by atoms with van der Waals surface area (Å²) in [5.41, 5.74) is -0.269. The summed E-state index contributed by atoms with van der Waals surface area (Å²) in [6, 6.07) is -0.339. The molecule has 0 aliphatic carbocycles. The summed E-state index contributed by atoms with van der Waals surface area (Å²) in [7, 11) is 0. The van der Waals surface area contributed by atoms with Gasteiger partial charge in [0, 0.05) is 6.04 Å². The van der Waals surface area contributed by atoms with Gasteiger partial charge in [0.15, 0.2) is 0 Å². The molecule has 2 N–H and O–H groups in total. The van der Waals surface area contributed by atoms with Gasteiger partial charge >= 0.3 is 11.7 Å². The minimum Gasteiger partial charge on any atom is -0.481 e. The number of nitro groups is 1. The van der Waals surface area contributed by atoms with Crippen LogP contribution in [-0.4, -0.2) is 32.0 Å². The Morgan fingerprint density at radius 2 is 2.00 bits per heavy atom. The number of nitrogens with one attached hydrogen (secondary N) is 1. The zero-order valence-corrected chi connectivity index (χ0v) is 11.7. The lowest BCUT2D eigenvalue weighted by Crippen LogP contribution is -2.29. The fraction of sp³-hybridized carbons (Fsp3) is 0.583. The van der Waals surface area contributed by atoms with Crippen LogP contribution in [0.1, 0.15) is 33.6 Å². The van der Waals surface area contributed by atoms with E-state index in [4.69, 9.17) is 5.11 Å². The van der Waals surface area contributed by atoms with Crippen LogP contribution in [0.4, 0.5) is 11.6 Å². The number of carboxylic acid groups (broad SMARTS) is 1. The third-order valence-corrected chi connectivity index (χ3v) is 2.46. The molecule has 8 heteroatoms. The zero-order chi connectivity index (χ0) is 15.3. The summed E-state index contributed by atoms with van der Waals surface area (Å²) < 4.78 is 0. The second-order valence-electron chi connectivity index (χ2n) is 5.73. The van der Waals surface area contributed by atoms with Gasteiger partial charge in [-0.25, -0.2) is 9.97 Å². The molecule has 0 aliphatic rings. The van der Waals surface area contributed by atoms with E-state index in [9.17, 15) is 14.9 Å².